The van der Waals surface area contributed by atoms with Gasteiger partial charge in [-0.15, -0.1) is 0 Å². The monoisotopic (exact) mass is 293 g/mol. The molecule has 0 amide bonds. The van der Waals surface area contributed by atoms with E-state index in [4.69, 9.17) is 0 Å². The van der Waals surface area contributed by atoms with Crippen molar-refractivity contribution in [2.45, 2.75) is 19.8 Å². The smallest absolute Gasteiger partial charge is 0.168 e. The fourth-order valence-corrected chi connectivity index (χ4v) is 2.08. The highest BCUT2D eigenvalue weighted by Gasteiger charge is 2.14. The molecule has 88 valence electrons. The molecule has 0 spiro atoms. The molecular formula is C13H12BrNO2. The quantitative estimate of drug-likeness (QED) is 0.878. The maximum Gasteiger partial charge on any atom is 0.168 e. The highest BCUT2D eigenvalue weighted by atomic mass is 79.9. The third kappa shape index (κ3) is 2.31. The Labute approximate surface area is 108 Å². The summed E-state index contributed by atoms with van der Waals surface area (Å²) in [6.07, 6.45) is 2.63. The van der Waals surface area contributed by atoms with Crippen LogP contribution in [0.5, 0.6) is 5.75 Å². The van der Waals surface area contributed by atoms with Crippen LogP contribution in [0.4, 0.5) is 0 Å². The molecule has 1 aromatic carbocycles. The molecule has 2 aromatic rings. The second kappa shape index (κ2) is 4.84. The lowest BCUT2D eigenvalue weighted by atomic mass is 10.1. The van der Waals surface area contributed by atoms with E-state index in [0.29, 0.717) is 22.9 Å². The summed E-state index contributed by atoms with van der Waals surface area (Å²) >= 11 is 3.34. The van der Waals surface area contributed by atoms with Crippen molar-refractivity contribution in [3.63, 3.8) is 0 Å². The summed E-state index contributed by atoms with van der Waals surface area (Å²) in [5.74, 6) is -0.0471. The molecule has 0 saturated carbocycles. The van der Waals surface area contributed by atoms with Crippen LogP contribution in [-0.2, 0) is 0 Å². The Hall–Kier alpha value is -1.42. The van der Waals surface area contributed by atoms with Gasteiger partial charge in [-0.1, -0.05) is 22.9 Å². The molecule has 0 bridgehead atoms. The van der Waals surface area contributed by atoms with Crippen LogP contribution in [0.25, 0.3) is 10.9 Å². The molecule has 1 aromatic heterocycles. The van der Waals surface area contributed by atoms with Gasteiger partial charge in [0.05, 0.1) is 11.1 Å². The van der Waals surface area contributed by atoms with Crippen LogP contribution in [0, 0.1) is 0 Å². The zero-order chi connectivity index (χ0) is 12.4. The van der Waals surface area contributed by atoms with E-state index < -0.39 is 0 Å². The van der Waals surface area contributed by atoms with Gasteiger partial charge in [0.1, 0.15) is 5.75 Å². The van der Waals surface area contributed by atoms with E-state index in [0.717, 1.165) is 10.9 Å². The molecule has 4 heteroatoms. The van der Waals surface area contributed by atoms with Crippen LogP contribution in [0.2, 0.25) is 0 Å². The molecule has 2 rings (SSSR count). The fraction of sp³-hybridized carbons (Fsp3) is 0.231. The number of aromatic nitrogens is 1. The van der Waals surface area contributed by atoms with Gasteiger partial charge in [0.2, 0.25) is 0 Å². The number of fused-ring (bicyclic) bond motifs is 1. The first-order valence-electron chi connectivity index (χ1n) is 5.44. The van der Waals surface area contributed by atoms with Gasteiger partial charge < -0.3 is 5.11 Å². The van der Waals surface area contributed by atoms with E-state index in [1.54, 1.807) is 12.1 Å². The number of ketones is 1. The molecule has 3 nitrogen and oxygen atoms in total. The van der Waals surface area contributed by atoms with Crippen LogP contribution in [0.15, 0.2) is 28.9 Å². The second-order valence-corrected chi connectivity index (χ2v) is 4.77. The maximum absolute atomic E-state index is 11.8. The van der Waals surface area contributed by atoms with Gasteiger partial charge in [-0.3, -0.25) is 9.78 Å². The van der Waals surface area contributed by atoms with Crippen molar-refractivity contribution >= 4 is 32.6 Å². The van der Waals surface area contributed by atoms with Crippen molar-refractivity contribution in [3.05, 3.63) is 34.4 Å². The molecule has 0 aliphatic carbocycles. The summed E-state index contributed by atoms with van der Waals surface area (Å²) < 4.78 is 0.849. The third-order valence-corrected chi connectivity index (χ3v) is 3.07. The van der Waals surface area contributed by atoms with Crippen molar-refractivity contribution in [1.29, 1.82) is 0 Å². The minimum absolute atomic E-state index is 0.0229. The van der Waals surface area contributed by atoms with E-state index in [2.05, 4.69) is 20.9 Å². The Morgan fingerprint density at radius 1 is 1.47 bits per heavy atom. The standard InChI is InChI=1S/C13H12BrNO2/c1-2-3-12(16)10-7-15-11-5-4-8(14)6-9(11)13(10)17/h4-7H,2-3H2,1H3,(H,15,17). The zero-order valence-corrected chi connectivity index (χ0v) is 11.0. The number of Topliss-reactive ketones (excluding diaryl/α,β-unsaturated/α-hetero) is 1. The minimum atomic E-state index is -0.0700. The number of benzene rings is 1. The molecule has 17 heavy (non-hydrogen) atoms. The molecule has 0 atom stereocenters. The number of aromatic hydroxyl groups is 1. The number of hydrogen-bond acceptors (Lipinski definition) is 3. The number of carbonyl (C=O) groups excluding carboxylic acids is 1. The number of carbonyl (C=O) groups is 1. The van der Waals surface area contributed by atoms with E-state index in [9.17, 15) is 9.90 Å². The van der Waals surface area contributed by atoms with Crippen molar-refractivity contribution in [1.82, 2.24) is 4.98 Å². The molecule has 0 saturated heterocycles. The average Bonchev–Trinajstić information content (AvgIpc) is 2.30. The predicted molar refractivity (Wildman–Crippen MR) is 70.3 cm³/mol. The van der Waals surface area contributed by atoms with Gasteiger partial charge in [-0.2, -0.15) is 0 Å². The van der Waals surface area contributed by atoms with Gasteiger partial charge in [0, 0.05) is 22.5 Å². The first kappa shape index (κ1) is 12.0. The summed E-state index contributed by atoms with van der Waals surface area (Å²) in [7, 11) is 0. The molecule has 1 heterocycles. The van der Waals surface area contributed by atoms with E-state index >= 15 is 0 Å². The lowest BCUT2D eigenvalue weighted by molar-refractivity contribution is 0.0979. The summed E-state index contributed by atoms with van der Waals surface area (Å²) in [6.45, 7) is 1.93. The Bertz CT molecular complexity index is 581. The van der Waals surface area contributed by atoms with E-state index in [1.165, 1.54) is 6.20 Å². The maximum atomic E-state index is 11.8. The number of hydrogen-bond donors (Lipinski definition) is 1. The Kier molecular flexibility index (Phi) is 3.43. The molecule has 0 radical (unpaired) electrons. The number of halogens is 1. The summed E-state index contributed by atoms with van der Waals surface area (Å²) in [5, 5.41) is 10.7. The topological polar surface area (TPSA) is 50.2 Å². The predicted octanol–water partition coefficient (Wildman–Crippen LogP) is 3.69. The van der Waals surface area contributed by atoms with Crippen molar-refractivity contribution in [2.75, 3.05) is 0 Å². The average molecular weight is 294 g/mol. The first-order chi connectivity index (χ1) is 8.13. The molecule has 1 N–H and O–H groups in total. The van der Waals surface area contributed by atoms with Gasteiger partial charge >= 0.3 is 0 Å². The third-order valence-electron chi connectivity index (χ3n) is 2.58. The number of rotatable bonds is 3. The van der Waals surface area contributed by atoms with Crippen LogP contribution in [0.1, 0.15) is 30.1 Å². The fourth-order valence-electron chi connectivity index (χ4n) is 1.72. The highest BCUT2D eigenvalue weighted by molar-refractivity contribution is 9.10. The highest BCUT2D eigenvalue weighted by Crippen LogP contribution is 2.30. The molecule has 0 fully saturated rings. The summed E-state index contributed by atoms with van der Waals surface area (Å²) in [4.78, 5) is 16.0. The van der Waals surface area contributed by atoms with Crippen molar-refractivity contribution in [3.8, 4) is 5.75 Å². The first-order valence-corrected chi connectivity index (χ1v) is 6.23. The van der Waals surface area contributed by atoms with Crippen molar-refractivity contribution in [2.24, 2.45) is 0 Å². The minimum Gasteiger partial charge on any atom is -0.506 e. The van der Waals surface area contributed by atoms with Crippen LogP contribution in [0.3, 0.4) is 0 Å². The van der Waals surface area contributed by atoms with Crippen molar-refractivity contribution < 1.29 is 9.90 Å². The molecule has 0 aliphatic heterocycles. The molecule has 0 aliphatic rings. The molecule has 0 unspecified atom stereocenters. The lowest BCUT2D eigenvalue weighted by Gasteiger charge is -2.06. The Balaban J connectivity index is 2.60. The SMILES string of the molecule is CCCC(=O)c1cnc2ccc(Br)cc2c1O. The summed E-state index contributed by atoms with van der Waals surface area (Å²) in [6, 6.07) is 5.41. The van der Waals surface area contributed by atoms with E-state index in [1.807, 2.05) is 13.0 Å². The van der Waals surface area contributed by atoms with Gasteiger partial charge in [0.25, 0.3) is 0 Å². The van der Waals surface area contributed by atoms with Crippen LogP contribution in [-0.4, -0.2) is 15.9 Å². The van der Waals surface area contributed by atoms with Crippen LogP contribution >= 0.6 is 15.9 Å². The Morgan fingerprint density at radius 3 is 2.94 bits per heavy atom. The van der Waals surface area contributed by atoms with Gasteiger partial charge in [0.15, 0.2) is 5.78 Å². The lowest BCUT2D eigenvalue weighted by Crippen LogP contribution is -2.00. The van der Waals surface area contributed by atoms with Gasteiger partial charge in [-0.05, 0) is 24.6 Å². The summed E-state index contributed by atoms with van der Waals surface area (Å²) in [5.41, 5.74) is 0.983. The second-order valence-electron chi connectivity index (χ2n) is 3.86. The number of pyridine rings is 1. The van der Waals surface area contributed by atoms with Gasteiger partial charge in [-0.25, -0.2) is 0 Å². The molecular weight excluding hydrogens is 282 g/mol. The Morgan fingerprint density at radius 2 is 2.24 bits per heavy atom. The number of nitrogens with zero attached hydrogens (tertiary/aromatic N) is 1. The van der Waals surface area contributed by atoms with Crippen LogP contribution < -0.4 is 0 Å². The zero-order valence-electron chi connectivity index (χ0n) is 9.40. The normalized spacial score (nSPS) is 10.7. The largest absolute Gasteiger partial charge is 0.506 e. The van der Waals surface area contributed by atoms with E-state index in [-0.39, 0.29) is 11.5 Å².